The second-order valence-electron chi connectivity index (χ2n) is 6.49. The second kappa shape index (κ2) is 16.2. The predicted molar refractivity (Wildman–Crippen MR) is 120 cm³/mol. The van der Waals surface area contributed by atoms with Crippen molar-refractivity contribution in [3.05, 3.63) is 72.5 Å². The van der Waals surface area contributed by atoms with Crippen LogP contribution >= 0.6 is 0 Å². The molecular weight excluding hydrogens is 414 g/mol. The Balaban J connectivity index is 2.75. The van der Waals surface area contributed by atoms with Gasteiger partial charge in [0.2, 0.25) is 5.91 Å². The van der Waals surface area contributed by atoms with Crippen LogP contribution in [0.1, 0.15) is 26.2 Å². The van der Waals surface area contributed by atoms with E-state index < -0.39 is 11.9 Å². The highest BCUT2D eigenvalue weighted by atomic mass is 16.5. The Morgan fingerprint density at radius 2 is 1.75 bits per heavy atom. The highest BCUT2D eigenvalue weighted by Crippen LogP contribution is 2.17. The highest BCUT2D eigenvalue weighted by Gasteiger charge is 2.13. The van der Waals surface area contributed by atoms with Gasteiger partial charge in [0.05, 0.1) is 46.2 Å². The van der Waals surface area contributed by atoms with Crippen molar-refractivity contribution in [3.63, 3.8) is 0 Å². The van der Waals surface area contributed by atoms with Crippen LogP contribution in [0.5, 0.6) is 0 Å². The summed E-state index contributed by atoms with van der Waals surface area (Å²) in [6.45, 7) is 2.31. The van der Waals surface area contributed by atoms with E-state index in [4.69, 9.17) is 18.9 Å². The Labute approximate surface area is 188 Å². The molecule has 1 amide bonds. The minimum atomic E-state index is -0.523. The van der Waals surface area contributed by atoms with Gasteiger partial charge in [-0.1, -0.05) is 24.3 Å². The van der Waals surface area contributed by atoms with Gasteiger partial charge in [0.15, 0.2) is 0 Å². The van der Waals surface area contributed by atoms with Crippen LogP contribution in [-0.4, -0.2) is 45.2 Å². The SMILES string of the molecule is CCOC(=O)CCC(=O)OC1=CC=CC(/C=C(\C/C=C/OC)C(=O)NC/C=C/OC)C=C1. The Morgan fingerprint density at radius 1 is 1.03 bits per heavy atom. The molecule has 1 unspecified atom stereocenters. The molecule has 1 atom stereocenters. The van der Waals surface area contributed by atoms with Gasteiger partial charge in [-0.15, -0.1) is 0 Å². The van der Waals surface area contributed by atoms with Crippen LogP contribution in [0.2, 0.25) is 0 Å². The van der Waals surface area contributed by atoms with Gasteiger partial charge in [-0.05, 0) is 37.6 Å². The summed E-state index contributed by atoms with van der Waals surface area (Å²) in [6.07, 6.45) is 17.3. The number of esters is 2. The molecule has 8 nitrogen and oxygen atoms in total. The maximum absolute atomic E-state index is 12.5. The Kier molecular flexibility index (Phi) is 13.4. The molecule has 0 radical (unpaired) electrons. The zero-order valence-corrected chi connectivity index (χ0v) is 18.7. The summed E-state index contributed by atoms with van der Waals surface area (Å²) in [5, 5.41) is 2.80. The Bertz CT molecular complexity index is 803. The maximum Gasteiger partial charge on any atom is 0.311 e. The summed E-state index contributed by atoms with van der Waals surface area (Å²) in [5.74, 6) is -1.01. The fourth-order valence-electron chi connectivity index (χ4n) is 2.55. The number of hydrogen-bond acceptors (Lipinski definition) is 7. The number of rotatable bonds is 13. The van der Waals surface area contributed by atoms with Crippen LogP contribution < -0.4 is 5.32 Å². The summed E-state index contributed by atoms with van der Waals surface area (Å²) in [7, 11) is 3.07. The van der Waals surface area contributed by atoms with Gasteiger partial charge < -0.3 is 24.3 Å². The van der Waals surface area contributed by atoms with Crippen LogP contribution in [-0.2, 0) is 33.3 Å². The molecule has 8 heteroatoms. The standard InChI is InChI=1S/C24H31NO7/c1-4-31-22(26)13-14-23(27)32-21-10-5-8-19(11-12-21)18-20(9-6-16-29-2)24(28)25-15-7-17-30-3/h5-8,10-12,16-19H,4,9,13-15H2,1-3H3,(H,25,28)/b16-6+,17-7+,20-18+. The zero-order chi connectivity index (χ0) is 23.6. The van der Waals surface area contributed by atoms with E-state index in [0.717, 1.165) is 0 Å². The first-order valence-electron chi connectivity index (χ1n) is 10.3. The van der Waals surface area contributed by atoms with Crippen LogP contribution in [0.4, 0.5) is 0 Å². The third kappa shape index (κ3) is 11.6. The number of methoxy groups -OCH3 is 2. The molecule has 174 valence electrons. The highest BCUT2D eigenvalue weighted by molar-refractivity contribution is 5.93. The fraction of sp³-hybridized carbons (Fsp3) is 0.375. The summed E-state index contributed by atoms with van der Waals surface area (Å²) in [6, 6.07) is 0. The molecule has 0 aromatic heterocycles. The molecule has 0 spiro atoms. The first-order chi connectivity index (χ1) is 15.5. The average Bonchev–Trinajstić information content (AvgIpc) is 2.99. The molecule has 1 aliphatic carbocycles. The van der Waals surface area contributed by atoms with Crippen molar-refractivity contribution in [2.24, 2.45) is 5.92 Å². The normalized spacial score (nSPS) is 15.9. The molecule has 0 saturated heterocycles. The minimum absolute atomic E-state index is 0.0299. The molecule has 1 rings (SSSR count). The number of allylic oxidation sites excluding steroid dienone is 7. The van der Waals surface area contributed by atoms with Crippen molar-refractivity contribution >= 4 is 17.8 Å². The van der Waals surface area contributed by atoms with Gasteiger partial charge in [-0.2, -0.15) is 0 Å². The summed E-state index contributed by atoms with van der Waals surface area (Å²) < 4.78 is 19.8. The first kappa shape index (κ1) is 26.5. The Morgan fingerprint density at radius 3 is 2.47 bits per heavy atom. The molecule has 0 bridgehead atoms. The second-order valence-corrected chi connectivity index (χ2v) is 6.49. The lowest BCUT2D eigenvalue weighted by atomic mass is 10.0. The fourth-order valence-corrected chi connectivity index (χ4v) is 2.55. The molecule has 0 aromatic carbocycles. The molecule has 0 fully saturated rings. The third-order valence-corrected chi connectivity index (χ3v) is 4.01. The van der Waals surface area contributed by atoms with Gasteiger partial charge in [-0.3, -0.25) is 14.4 Å². The smallest absolute Gasteiger partial charge is 0.311 e. The van der Waals surface area contributed by atoms with Gasteiger partial charge in [0.1, 0.15) is 5.76 Å². The number of amides is 1. The predicted octanol–water partition coefficient (Wildman–Crippen LogP) is 3.25. The molecular formula is C24H31NO7. The van der Waals surface area contributed by atoms with Crippen molar-refractivity contribution in [3.8, 4) is 0 Å². The quantitative estimate of drug-likeness (QED) is 0.264. The zero-order valence-electron chi connectivity index (χ0n) is 18.7. The molecule has 0 heterocycles. The lowest BCUT2D eigenvalue weighted by Gasteiger charge is -2.08. The van der Waals surface area contributed by atoms with Crippen LogP contribution in [0.3, 0.4) is 0 Å². The van der Waals surface area contributed by atoms with E-state index >= 15 is 0 Å². The molecule has 32 heavy (non-hydrogen) atoms. The topological polar surface area (TPSA) is 100 Å². The molecule has 1 N–H and O–H groups in total. The van der Waals surface area contributed by atoms with Crippen LogP contribution in [0.25, 0.3) is 0 Å². The number of ether oxygens (including phenoxy) is 4. The van der Waals surface area contributed by atoms with E-state index in [-0.39, 0.29) is 31.3 Å². The van der Waals surface area contributed by atoms with Gasteiger partial charge in [0.25, 0.3) is 0 Å². The minimum Gasteiger partial charge on any atom is -0.505 e. The number of hydrogen-bond donors (Lipinski definition) is 1. The average molecular weight is 446 g/mol. The number of carbonyl (C=O) groups is 3. The van der Waals surface area contributed by atoms with E-state index in [1.54, 1.807) is 37.3 Å². The third-order valence-electron chi connectivity index (χ3n) is 4.01. The Hall–Kier alpha value is -3.55. The van der Waals surface area contributed by atoms with Gasteiger partial charge in [-0.25, -0.2) is 0 Å². The molecule has 0 aromatic rings. The van der Waals surface area contributed by atoms with E-state index in [9.17, 15) is 14.4 Å². The van der Waals surface area contributed by atoms with Gasteiger partial charge >= 0.3 is 11.9 Å². The number of nitrogens with one attached hydrogen (secondary N) is 1. The lowest BCUT2D eigenvalue weighted by Crippen LogP contribution is -2.25. The maximum atomic E-state index is 12.5. The molecule has 0 saturated carbocycles. The molecule has 0 aliphatic heterocycles. The number of carbonyl (C=O) groups excluding carboxylic acids is 3. The summed E-state index contributed by atoms with van der Waals surface area (Å²) >= 11 is 0. The van der Waals surface area contributed by atoms with Crippen LogP contribution in [0, 0.1) is 5.92 Å². The van der Waals surface area contributed by atoms with Crippen molar-refractivity contribution in [2.75, 3.05) is 27.4 Å². The lowest BCUT2D eigenvalue weighted by molar-refractivity contribution is -0.148. The van der Waals surface area contributed by atoms with E-state index in [2.05, 4.69) is 5.32 Å². The first-order valence-corrected chi connectivity index (χ1v) is 10.3. The van der Waals surface area contributed by atoms with E-state index in [1.807, 2.05) is 18.2 Å². The monoisotopic (exact) mass is 445 g/mol. The molecule has 1 aliphatic rings. The van der Waals surface area contributed by atoms with Crippen molar-refractivity contribution in [1.82, 2.24) is 5.32 Å². The summed E-state index contributed by atoms with van der Waals surface area (Å²) in [4.78, 5) is 35.8. The van der Waals surface area contributed by atoms with Crippen LogP contribution in [0.15, 0.2) is 72.5 Å². The van der Waals surface area contributed by atoms with Crippen molar-refractivity contribution in [1.29, 1.82) is 0 Å². The van der Waals surface area contributed by atoms with E-state index in [1.165, 1.54) is 26.7 Å². The van der Waals surface area contributed by atoms with Gasteiger partial charge in [0, 0.05) is 18.0 Å². The summed E-state index contributed by atoms with van der Waals surface area (Å²) in [5.41, 5.74) is 0.554. The largest absolute Gasteiger partial charge is 0.505 e. The van der Waals surface area contributed by atoms with Crippen molar-refractivity contribution in [2.45, 2.75) is 26.2 Å². The van der Waals surface area contributed by atoms with Crippen molar-refractivity contribution < 1.29 is 33.3 Å². The van der Waals surface area contributed by atoms with E-state index in [0.29, 0.717) is 24.3 Å².